The lowest BCUT2D eigenvalue weighted by Gasteiger charge is -2.41. The van der Waals surface area contributed by atoms with E-state index in [0.717, 1.165) is 18.4 Å². The number of rotatable bonds is 7. The largest absolute Gasteiger partial charge is 0.353 e. The summed E-state index contributed by atoms with van der Waals surface area (Å²) in [5.74, 6) is 0.795. The molecule has 188 valence electrons. The number of thioether (sulfide) groups is 1. The molecule has 9 nitrogen and oxygen atoms in total. The lowest BCUT2D eigenvalue weighted by molar-refractivity contribution is -0.118. The van der Waals surface area contributed by atoms with E-state index in [1.807, 2.05) is 17.0 Å². The zero-order valence-electron chi connectivity index (χ0n) is 20.0. The van der Waals surface area contributed by atoms with Crippen molar-refractivity contribution in [3.8, 4) is 0 Å². The normalized spacial score (nSPS) is 18.9. The fraction of sp³-hybridized carbons (Fsp3) is 0.542. The number of anilines is 1. The summed E-state index contributed by atoms with van der Waals surface area (Å²) in [7, 11) is 0. The Hall–Kier alpha value is -2.59. The molecule has 2 aromatic rings. The van der Waals surface area contributed by atoms with E-state index >= 15 is 0 Å². The number of nitrogens with zero attached hydrogens (tertiary/aromatic N) is 5. The Morgan fingerprint density at radius 3 is 2.66 bits per heavy atom. The molecule has 11 heteroatoms. The lowest BCUT2D eigenvalue weighted by Crippen LogP contribution is -2.58. The third kappa shape index (κ3) is 7.44. The Morgan fingerprint density at radius 1 is 1.14 bits per heavy atom. The van der Waals surface area contributed by atoms with Crippen molar-refractivity contribution >= 4 is 41.1 Å². The summed E-state index contributed by atoms with van der Waals surface area (Å²) in [4.78, 5) is 42.0. The standard InChI is InChI=1S/C24H32ClN7O2S/c1-17-15-31(11-12-32(17)24(34)28-19-5-3-2-4-6-19)21-13-20(25)29-23(30-21)35-16-22(33)27-14-18-7-9-26-10-8-18/h7-10,13,17,19H,2-6,11-12,14-16H2,1H3,(H,27,33)(H,28,34). The summed E-state index contributed by atoms with van der Waals surface area (Å²) >= 11 is 7.53. The zero-order valence-corrected chi connectivity index (χ0v) is 21.5. The topological polar surface area (TPSA) is 103 Å². The minimum absolute atomic E-state index is 0.0267. The molecule has 2 N–H and O–H groups in total. The van der Waals surface area contributed by atoms with Crippen molar-refractivity contribution in [1.29, 1.82) is 0 Å². The predicted molar refractivity (Wildman–Crippen MR) is 138 cm³/mol. The molecule has 0 bridgehead atoms. The first-order valence-corrected chi connectivity index (χ1v) is 13.5. The number of amides is 3. The van der Waals surface area contributed by atoms with E-state index < -0.39 is 0 Å². The van der Waals surface area contributed by atoms with Crippen LogP contribution in [0.4, 0.5) is 10.6 Å². The van der Waals surface area contributed by atoms with Crippen molar-refractivity contribution in [2.75, 3.05) is 30.3 Å². The molecular weight excluding hydrogens is 486 g/mol. The highest BCUT2D eigenvalue weighted by atomic mass is 35.5. The molecule has 0 spiro atoms. The number of hydrogen-bond acceptors (Lipinski definition) is 7. The number of pyridine rings is 1. The Morgan fingerprint density at radius 2 is 1.91 bits per heavy atom. The summed E-state index contributed by atoms with van der Waals surface area (Å²) in [6.45, 7) is 4.42. The van der Waals surface area contributed by atoms with Crippen LogP contribution in [-0.4, -0.2) is 69.3 Å². The Kier molecular flexibility index (Phi) is 9.03. The molecule has 1 saturated carbocycles. The van der Waals surface area contributed by atoms with Gasteiger partial charge in [-0.1, -0.05) is 42.6 Å². The molecule has 4 rings (SSSR count). The van der Waals surface area contributed by atoms with Crippen LogP contribution in [-0.2, 0) is 11.3 Å². The van der Waals surface area contributed by atoms with Gasteiger partial charge in [-0.25, -0.2) is 14.8 Å². The Labute approximate surface area is 215 Å². The van der Waals surface area contributed by atoms with E-state index in [0.29, 0.717) is 48.3 Å². The van der Waals surface area contributed by atoms with Crippen molar-refractivity contribution in [2.24, 2.45) is 0 Å². The molecule has 1 unspecified atom stereocenters. The van der Waals surface area contributed by atoms with Crippen LogP contribution in [0.15, 0.2) is 35.7 Å². The second-order valence-corrected chi connectivity index (χ2v) is 10.4. The van der Waals surface area contributed by atoms with Crippen LogP contribution in [0.3, 0.4) is 0 Å². The molecule has 2 aliphatic rings. The average molecular weight is 518 g/mol. The zero-order chi connectivity index (χ0) is 24.6. The van der Waals surface area contributed by atoms with Gasteiger partial charge in [0, 0.05) is 56.7 Å². The number of halogens is 1. The molecule has 2 fully saturated rings. The minimum Gasteiger partial charge on any atom is -0.353 e. The van der Waals surface area contributed by atoms with Crippen molar-refractivity contribution in [3.63, 3.8) is 0 Å². The van der Waals surface area contributed by atoms with Crippen LogP contribution >= 0.6 is 23.4 Å². The highest BCUT2D eigenvalue weighted by Crippen LogP contribution is 2.24. The second-order valence-electron chi connectivity index (χ2n) is 9.03. The van der Waals surface area contributed by atoms with Gasteiger partial charge in [-0.3, -0.25) is 9.78 Å². The summed E-state index contributed by atoms with van der Waals surface area (Å²) in [6.07, 6.45) is 9.18. The van der Waals surface area contributed by atoms with Gasteiger partial charge in [0.15, 0.2) is 5.16 Å². The number of hydrogen-bond donors (Lipinski definition) is 2. The second kappa shape index (κ2) is 12.4. The van der Waals surface area contributed by atoms with Gasteiger partial charge in [-0.05, 0) is 37.5 Å². The number of urea groups is 1. The van der Waals surface area contributed by atoms with Gasteiger partial charge in [0.1, 0.15) is 11.0 Å². The van der Waals surface area contributed by atoms with E-state index in [4.69, 9.17) is 11.6 Å². The summed E-state index contributed by atoms with van der Waals surface area (Å²) in [6, 6.07) is 5.82. The van der Waals surface area contributed by atoms with Crippen LogP contribution in [0.1, 0.15) is 44.6 Å². The molecule has 2 aromatic heterocycles. The van der Waals surface area contributed by atoms with Gasteiger partial charge in [-0.15, -0.1) is 0 Å². The van der Waals surface area contributed by atoms with E-state index in [9.17, 15) is 9.59 Å². The van der Waals surface area contributed by atoms with Gasteiger partial charge >= 0.3 is 6.03 Å². The average Bonchev–Trinajstić information content (AvgIpc) is 2.87. The molecular formula is C24H32ClN7O2S. The molecule has 3 amide bonds. The maximum Gasteiger partial charge on any atom is 0.317 e. The lowest BCUT2D eigenvalue weighted by atomic mass is 9.96. The minimum atomic E-state index is -0.108. The van der Waals surface area contributed by atoms with Gasteiger partial charge in [0.2, 0.25) is 5.91 Å². The highest BCUT2D eigenvalue weighted by Gasteiger charge is 2.30. The monoisotopic (exact) mass is 517 g/mol. The Balaban J connectivity index is 1.28. The summed E-state index contributed by atoms with van der Waals surface area (Å²) in [5, 5.41) is 6.89. The number of carbonyl (C=O) groups excluding carboxylic acids is 2. The third-order valence-corrected chi connectivity index (χ3v) is 7.42. The van der Waals surface area contributed by atoms with Crippen LogP contribution < -0.4 is 15.5 Å². The van der Waals surface area contributed by atoms with E-state index in [1.54, 1.807) is 18.5 Å². The third-order valence-electron chi connectivity index (χ3n) is 6.38. The number of piperazine rings is 1. The fourth-order valence-corrected chi connectivity index (χ4v) is 5.38. The summed E-state index contributed by atoms with van der Waals surface area (Å²) in [5.41, 5.74) is 0.986. The fourth-order valence-electron chi connectivity index (χ4n) is 4.47. The van der Waals surface area contributed by atoms with Crippen LogP contribution in [0.25, 0.3) is 0 Å². The van der Waals surface area contributed by atoms with Gasteiger partial charge in [0.25, 0.3) is 0 Å². The van der Waals surface area contributed by atoms with E-state index in [2.05, 4.69) is 37.4 Å². The van der Waals surface area contributed by atoms with E-state index in [1.165, 1.54) is 31.0 Å². The van der Waals surface area contributed by atoms with Gasteiger partial charge < -0.3 is 20.4 Å². The van der Waals surface area contributed by atoms with Crippen LogP contribution in [0.2, 0.25) is 5.15 Å². The van der Waals surface area contributed by atoms with Crippen molar-refractivity contribution < 1.29 is 9.59 Å². The van der Waals surface area contributed by atoms with Crippen LogP contribution in [0, 0.1) is 0 Å². The van der Waals surface area contributed by atoms with E-state index in [-0.39, 0.29) is 23.7 Å². The molecule has 1 atom stereocenters. The number of aromatic nitrogens is 3. The molecule has 1 saturated heterocycles. The molecule has 1 aliphatic heterocycles. The van der Waals surface area contributed by atoms with Crippen molar-refractivity contribution in [1.82, 2.24) is 30.5 Å². The first-order chi connectivity index (χ1) is 17.0. The van der Waals surface area contributed by atoms with Crippen LogP contribution in [0.5, 0.6) is 0 Å². The molecule has 3 heterocycles. The SMILES string of the molecule is CC1CN(c2cc(Cl)nc(SCC(=O)NCc3ccncc3)n2)CCN1C(=O)NC1CCCCC1. The highest BCUT2D eigenvalue weighted by molar-refractivity contribution is 7.99. The van der Waals surface area contributed by atoms with Crippen molar-refractivity contribution in [3.05, 3.63) is 41.3 Å². The maximum atomic E-state index is 12.8. The quantitative estimate of drug-likeness (QED) is 0.329. The van der Waals surface area contributed by atoms with Gasteiger partial charge in [0.05, 0.1) is 5.75 Å². The molecule has 1 aliphatic carbocycles. The maximum absolute atomic E-state index is 12.8. The smallest absolute Gasteiger partial charge is 0.317 e. The molecule has 0 aromatic carbocycles. The molecule has 35 heavy (non-hydrogen) atoms. The predicted octanol–water partition coefficient (Wildman–Crippen LogP) is 3.49. The Bertz CT molecular complexity index is 1010. The number of nitrogens with one attached hydrogen (secondary N) is 2. The van der Waals surface area contributed by atoms with Gasteiger partial charge in [-0.2, -0.15) is 0 Å². The first-order valence-electron chi connectivity index (χ1n) is 12.1. The first kappa shape index (κ1) is 25.5. The molecule has 0 radical (unpaired) electrons. The number of carbonyl (C=O) groups is 2. The summed E-state index contributed by atoms with van der Waals surface area (Å²) < 4.78 is 0. The van der Waals surface area contributed by atoms with Crippen molar-refractivity contribution in [2.45, 2.75) is 62.8 Å².